The average molecular weight is 309 g/mol. The predicted octanol–water partition coefficient (Wildman–Crippen LogP) is 2.52. The molecular weight excluding hydrogens is 296 g/mol. The van der Waals surface area contributed by atoms with Crippen molar-refractivity contribution in [2.45, 2.75) is 6.10 Å². The first-order chi connectivity index (χ1) is 8.63. The van der Waals surface area contributed by atoms with Gasteiger partial charge in [-0.15, -0.1) is 0 Å². The lowest BCUT2D eigenvalue weighted by atomic mass is 10.0. The van der Waals surface area contributed by atoms with Gasteiger partial charge in [0.2, 0.25) is 0 Å². The van der Waals surface area contributed by atoms with Crippen molar-refractivity contribution in [2.75, 3.05) is 12.8 Å². The molecule has 0 aliphatic heterocycles. The minimum atomic E-state index is -0.805. The van der Waals surface area contributed by atoms with Crippen molar-refractivity contribution >= 4 is 21.6 Å². The van der Waals surface area contributed by atoms with E-state index < -0.39 is 6.10 Å². The highest BCUT2D eigenvalue weighted by Crippen LogP contribution is 2.31. The van der Waals surface area contributed by atoms with Crippen LogP contribution in [0.5, 0.6) is 5.75 Å². The van der Waals surface area contributed by atoms with E-state index in [2.05, 4.69) is 20.9 Å². The Morgan fingerprint density at radius 1 is 1.39 bits per heavy atom. The molecule has 2 aromatic rings. The summed E-state index contributed by atoms with van der Waals surface area (Å²) in [6.07, 6.45) is 2.36. The zero-order valence-electron chi connectivity index (χ0n) is 9.80. The van der Waals surface area contributed by atoms with E-state index >= 15 is 0 Å². The van der Waals surface area contributed by atoms with E-state index in [1.165, 1.54) is 0 Å². The van der Waals surface area contributed by atoms with Gasteiger partial charge in [-0.05, 0) is 39.7 Å². The van der Waals surface area contributed by atoms with Gasteiger partial charge in [0.15, 0.2) is 0 Å². The van der Waals surface area contributed by atoms with E-state index in [1.807, 2.05) is 0 Å². The van der Waals surface area contributed by atoms with Crippen LogP contribution in [0, 0.1) is 0 Å². The molecule has 1 atom stereocenters. The molecule has 0 amide bonds. The number of halogens is 1. The molecule has 0 bridgehead atoms. The summed E-state index contributed by atoms with van der Waals surface area (Å²) in [7, 11) is 1.59. The number of hydrogen-bond acceptors (Lipinski definition) is 4. The molecule has 1 aromatic heterocycles. The lowest BCUT2D eigenvalue weighted by Crippen LogP contribution is -2.04. The minimum Gasteiger partial charge on any atom is -0.496 e. The molecule has 0 saturated carbocycles. The number of ether oxygens (including phenoxy) is 1. The van der Waals surface area contributed by atoms with Crippen LogP contribution in [0.25, 0.3) is 0 Å². The van der Waals surface area contributed by atoms with Gasteiger partial charge in [-0.25, -0.2) is 0 Å². The first kappa shape index (κ1) is 12.9. The highest BCUT2D eigenvalue weighted by atomic mass is 79.9. The van der Waals surface area contributed by atoms with E-state index in [0.717, 1.165) is 10.0 Å². The Morgan fingerprint density at radius 3 is 2.78 bits per heavy atom. The molecule has 3 N–H and O–H groups in total. The molecule has 1 aromatic carbocycles. The summed E-state index contributed by atoms with van der Waals surface area (Å²) in [6.45, 7) is 0. The van der Waals surface area contributed by atoms with E-state index in [1.54, 1.807) is 43.8 Å². The molecule has 0 fully saturated rings. The third kappa shape index (κ3) is 2.47. The van der Waals surface area contributed by atoms with E-state index in [9.17, 15) is 5.11 Å². The smallest absolute Gasteiger partial charge is 0.133 e. The Balaban J connectivity index is 2.37. The minimum absolute atomic E-state index is 0.518. The maximum Gasteiger partial charge on any atom is 0.133 e. The van der Waals surface area contributed by atoms with Crippen LogP contribution in [-0.4, -0.2) is 17.2 Å². The standard InChI is InChI=1S/C13H13BrN2O2/c1-18-12-3-2-8(6-10(12)14)13(17)9-7-16-5-4-11(9)15/h2-7,13,17H,1H3,(H2,15,16). The van der Waals surface area contributed by atoms with Gasteiger partial charge in [0.25, 0.3) is 0 Å². The van der Waals surface area contributed by atoms with Crippen molar-refractivity contribution in [3.8, 4) is 5.75 Å². The third-order valence-corrected chi connectivity index (χ3v) is 3.29. The number of nitrogens with two attached hydrogens (primary N) is 1. The van der Waals surface area contributed by atoms with Gasteiger partial charge in [-0.2, -0.15) is 0 Å². The SMILES string of the molecule is COc1ccc(C(O)c2cnccc2N)cc1Br. The van der Waals surface area contributed by atoms with Gasteiger partial charge in [-0.1, -0.05) is 6.07 Å². The summed E-state index contributed by atoms with van der Waals surface area (Å²) in [5.41, 5.74) is 7.65. The number of benzene rings is 1. The fourth-order valence-electron chi connectivity index (χ4n) is 1.68. The van der Waals surface area contributed by atoms with Gasteiger partial charge in [0, 0.05) is 23.6 Å². The molecule has 0 spiro atoms. The summed E-state index contributed by atoms with van der Waals surface area (Å²) in [5, 5.41) is 10.3. The monoisotopic (exact) mass is 308 g/mol. The molecule has 0 saturated heterocycles. The van der Waals surface area contributed by atoms with Crippen molar-refractivity contribution in [1.29, 1.82) is 0 Å². The number of methoxy groups -OCH3 is 1. The molecule has 1 unspecified atom stereocenters. The highest BCUT2D eigenvalue weighted by molar-refractivity contribution is 9.10. The molecule has 94 valence electrons. The lowest BCUT2D eigenvalue weighted by molar-refractivity contribution is 0.220. The maximum atomic E-state index is 10.3. The normalized spacial score (nSPS) is 12.2. The zero-order chi connectivity index (χ0) is 13.1. The van der Waals surface area contributed by atoms with Crippen molar-refractivity contribution in [3.05, 3.63) is 52.3 Å². The van der Waals surface area contributed by atoms with E-state index in [-0.39, 0.29) is 0 Å². The maximum absolute atomic E-state index is 10.3. The summed E-state index contributed by atoms with van der Waals surface area (Å²) >= 11 is 3.38. The first-order valence-corrected chi connectivity index (χ1v) is 6.13. The molecule has 18 heavy (non-hydrogen) atoms. The van der Waals surface area contributed by atoms with Crippen molar-refractivity contribution < 1.29 is 9.84 Å². The summed E-state index contributed by atoms with van der Waals surface area (Å²) in [6, 6.07) is 7.04. The largest absolute Gasteiger partial charge is 0.496 e. The Kier molecular flexibility index (Phi) is 3.84. The highest BCUT2D eigenvalue weighted by Gasteiger charge is 2.15. The number of pyridine rings is 1. The second-order valence-electron chi connectivity index (χ2n) is 3.80. The fraction of sp³-hybridized carbons (Fsp3) is 0.154. The van der Waals surface area contributed by atoms with Crippen LogP contribution in [0.15, 0.2) is 41.1 Å². The molecule has 5 heteroatoms. The van der Waals surface area contributed by atoms with Crippen molar-refractivity contribution in [3.63, 3.8) is 0 Å². The van der Waals surface area contributed by atoms with Crippen LogP contribution >= 0.6 is 15.9 Å². The molecule has 0 radical (unpaired) electrons. The summed E-state index contributed by atoms with van der Waals surface area (Å²) in [5.74, 6) is 0.713. The van der Waals surface area contributed by atoms with Crippen LogP contribution < -0.4 is 10.5 Å². The number of aromatic nitrogens is 1. The Morgan fingerprint density at radius 2 is 2.17 bits per heavy atom. The number of anilines is 1. The van der Waals surface area contributed by atoms with Crippen molar-refractivity contribution in [1.82, 2.24) is 4.98 Å². The Bertz CT molecular complexity index is 560. The molecule has 0 aliphatic carbocycles. The molecule has 2 rings (SSSR count). The molecular formula is C13H13BrN2O2. The quantitative estimate of drug-likeness (QED) is 0.914. The van der Waals surface area contributed by atoms with Gasteiger partial charge in [0.05, 0.1) is 11.6 Å². The number of hydrogen-bond donors (Lipinski definition) is 2. The van der Waals surface area contributed by atoms with E-state index in [0.29, 0.717) is 17.0 Å². The second kappa shape index (κ2) is 5.37. The van der Waals surface area contributed by atoms with Crippen LogP contribution in [0.2, 0.25) is 0 Å². The average Bonchev–Trinajstić information content (AvgIpc) is 2.38. The molecule has 1 heterocycles. The summed E-state index contributed by atoms with van der Waals surface area (Å²) in [4.78, 5) is 3.97. The van der Waals surface area contributed by atoms with Crippen LogP contribution in [-0.2, 0) is 0 Å². The number of nitrogen functional groups attached to an aromatic ring is 1. The zero-order valence-corrected chi connectivity index (χ0v) is 11.4. The molecule has 4 nitrogen and oxygen atoms in total. The first-order valence-electron chi connectivity index (χ1n) is 5.34. The number of rotatable bonds is 3. The lowest BCUT2D eigenvalue weighted by Gasteiger charge is -2.14. The molecule has 0 aliphatic rings. The van der Waals surface area contributed by atoms with Crippen molar-refractivity contribution in [2.24, 2.45) is 0 Å². The van der Waals surface area contributed by atoms with Gasteiger partial charge >= 0.3 is 0 Å². The number of aliphatic hydroxyl groups excluding tert-OH is 1. The Labute approximate surface area is 114 Å². The van der Waals surface area contributed by atoms with Crippen LogP contribution in [0.3, 0.4) is 0 Å². The second-order valence-corrected chi connectivity index (χ2v) is 4.66. The van der Waals surface area contributed by atoms with Crippen LogP contribution in [0.1, 0.15) is 17.2 Å². The Hall–Kier alpha value is -1.59. The fourth-order valence-corrected chi connectivity index (χ4v) is 2.24. The number of aliphatic hydroxyl groups is 1. The van der Waals surface area contributed by atoms with Gasteiger partial charge in [0.1, 0.15) is 11.9 Å². The topological polar surface area (TPSA) is 68.4 Å². The number of nitrogens with zero attached hydrogens (tertiary/aromatic N) is 1. The van der Waals surface area contributed by atoms with Gasteiger partial charge in [-0.3, -0.25) is 4.98 Å². The van der Waals surface area contributed by atoms with Crippen LogP contribution in [0.4, 0.5) is 5.69 Å². The summed E-state index contributed by atoms with van der Waals surface area (Å²) < 4.78 is 5.93. The van der Waals surface area contributed by atoms with E-state index in [4.69, 9.17) is 10.5 Å². The van der Waals surface area contributed by atoms with Gasteiger partial charge < -0.3 is 15.6 Å². The third-order valence-electron chi connectivity index (χ3n) is 2.67. The predicted molar refractivity (Wildman–Crippen MR) is 73.4 cm³/mol.